The fraction of sp³-hybridized carbons (Fsp3) is 0.389. The molecule has 0 aliphatic carbocycles. The molecular formula is C18H21N3O2S. The number of aromatic nitrogens is 2. The summed E-state index contributed by atoms with van der Waals surface area (Å²) in [5, 5.41) is 9.81. The summed E-state index contributed by atoms with van der Waals surface area (Å²) in [6.07, 6.45) is 6.30. The number of para-hydroxylation sites is 1. The van der Waals surface area contributed by atoms with E-state index in [1.807, 2.05) is 36.6 Å². The van der Waals surface area contributed by atoms with Crippen molar-refractivity contribution in [3.63, 3.8) is 0 Å². The summed E-state index contributed by atoms with van der Waals surface area (Å²) in [6, 6.07) is 9.35. The number of ether oxygens (including phenoxy) is 1. The van der Waals surface area contributed by atoms with Crippen LogP contribution in [0.2, 0.25) is 0 Å². The van der Waals surface area contributed by atoms with Gasteiger partial charge < -0.3 is 9.72 Å². The molecule has 1 heterocycles. The standard InChI is InChI=1S/C18H21N3O2S/c1-3-4-5-8-11-23-15-10-7-6-9-13(15)16-14(12-19)17(22)21-18(20-16)24-2/h6-7,9-10H,3-5,8,11H2,1-2H3,(H,20,21,22). The van der Waals surface area contributed by atoms with Gasteiger partial charge in [0.25, 0.3) is 5.56 Å². The molecule has 5 nitrogen and oxygen atoms in total. The molecule has 6 heteroatoms. The zero-order chi connectivity index (χ0) is 17.4. The van der Waals surface area contributed by atoms with Gasteiger partial charge in [0.2, 0.25) is 0 Å². The first kappa shape index (κ1) is 18.1. The number of H-pyrrole nitrogens is 1. The lowest BCUT2D eigenvalue weighted by Crippen LogP contribution is -2.15. The van der Waals surface area contributed by atoms with Crippen LogP contribution in [0.3, 0.4) is 0 Å². The number of nitrogens with one attached hydrogen (secondary N) is 1. The Morgan fingerprint density at radius 3 is 2.79 bits per heavy atom. The van der Waals surface area contributed by atoms with Gasteiger partial charge in [-0.1, -0.05) is 50.1 Å². The first-order valence-electron chi connectivity index (χ1n) is 8.01. The lowest BCUT2D eigenvalue weighted by molar-refractivity contribution is 0.306. The lowest BCUT2D eigenvalue weighted by Gasteiger charge is -2.12. The van der Waals surface area contributed by atoms with Crippen molar-refractivity contribution in [1.82, 2.24) is 9.97 Å². The van der Waals surface area contributed by atoms with Gasteiger partial charge >= 0.3 is 0 Å². The Labute approximate surface area is 146 Å². The molecular weight excluding hydrogens is 322 g/mol. The van der Waals surface area contributed by atoms with E-state index in [1.165, 1.54) is 24.6 Å². The second kappa shape index (κ2) is 9.14. The van der Waals surface area contributed by atoms with Crippen LogP contribution in [0.5, 0.6) is 5.75 Å². The Morgan fingerprint density at radius 2 is 2.08 bits per heavy atom. The molecule has 0 saturated heterocycles. The normalized spacial score (nSPS) is 10.4. The lowest BCUT2D eigenvalue weighted by atomic mass is 10.1. The van der Waals surface area contributed by atoms with Crippen molar-refractivity contribution >= 4 is 11.8 Å². The summed E-state index contributed by atoms with van der Waals surface area (Å²) in [7, 11) is 0. The average molecular weight is 343 g/mol. The molecule has 2 aromatic rings. The number of nitriles is 1. The molecule has 1 N–H and O–H groups in total. The van der Waals surface area contributed by atoms with Gasteiger partial charge in [-0.25, -0.2) is 4.98 Å². The zero-order valence-corrected chi connectivity index (χ0v) is 14.8. The second-order valence-corrected chi connectivity index (χ2v) is 6.11. The van der Waals surface area contributed by atoms with Crippen LogP contribution in [-0.2, 0) is 0 Å². The van der Waals surface area contributed by atoms with E-state index in [0.717, 1.165) is 12.8 Å². The van der Waals surface area contributed by atoms with E-state index < -0.39 is 5.56 Å². The Morgan fingerprint density at radius 1 is 1.29 bits per heavy atom. The van der Waals surface area contributed by atoms with Gasteiger partial charge in [0, 0.05) is 5.56 Å². The minimum absolute atomic E-state index is 0.00910. The van der Waals surface area contributed by atoms with Crippen LogP contribution in [0, 0.1) is 11.3 Å². The average Bonchev–Trinajstić information content (AvgIpc) is 2.61. The number of thioether (sulfide) groups is 1. The van der Waals surface area contributed by atoms with Crippen molar-refractivity contribution in [3.05, 3.63) is 40.2 Å². The number of hydrogen-bond acceptors (Lipinski definition) is 5. The summed E-state index contributed by atoms with van der Waals surface area (Å²) in [4.78, 5) is 19.1. The molecule has 0 unspecified atom stereocenters. The Bertz CT molecular complexity index is 781. The van der Waals surface area contributed by atoms with Crippen LogP contribution in [0.4, 0.5) is 0 Å². The third kappa shape index (κ3) is 4.39. The molecule has 2 rings (SSSR count). The van der Waals surface area contributed by atoms with Gasteiger partial charge in [-0.2, -0.15) is 5.26 Å². The molecule has 1 aromatic heterocycles. The quantitative estimate of drug-likeness (QED) is 0.445. The summed E-state index contributed by atoms with van der Waals surface area (Å²) in [5.74, 6) is 0.649. The second-order valence-electron chi connectivity index (χ2n) is 5.32. The summed E-state index contributed by atoms with van der Waals surface area (Å²) < 4.78 is 5.88. The molecule has 0 bridgehead atoms. The monoisotopic (exact) mass is 343 g/mol. The number of nitrogens with zero attached hydrogens (tertiary/aromatic N) is 2. The maximum atomic E-state index is 12.1. The molecule has 126 valence electrons. The van der Waals surface area contributed by atoms with Gasteiger partial charge in [0.1, 0.15) is 23.1 Å². The van der Waals surface area contributed by atoms with Gasteiger partial charge in [-0.15, -0.1) is 0 Å². The van der Waals surface area contributed by atoms with Crippen LogP contribution in [-0.4, -0.2) is 22.8 Å². The highest BCUT2D eigenvalue weighted by atomic mass is 32.2. The minimum atomic E-state index is -0.426. The molecule has 0 amide bonds. The fourth-order valence-electron chi connectivity index (χ4n) is 2.35. The molecule has 1 aromatic carbocycles. The molecule has 0 aliphatic rings. The van der Waals surface area contributed by atoms with Gasteiger partial charge in [0.15, 0.2) is 5.16 Å². The molecule has 24 heavy (non-hydrogen) atoms. The van der Waals surface area contributed by atoms with Crippen LogP contribution >= 0.6 is 11.8 Å². The number of benzene rings is 1. The number of hydrogen-bond donors (Lipinski definition) is 1. The van der Waals surface area contributed by atoms with Crippen LogP contribution in [0.1, 0.15) is 38.2 Å². The van der Waals surface area contributed by atoms with Crippen molar-refractivity contribution in [2.75, 3.05) is 12.9 Å². The van der Waals surface area contributed by atoms with Crippen LogP contribution in [0.15, 0.2) is 34.2 Å². The van der Waals surface area contributed by atoms with E-state index in [9.17, 15) is 10.1 Å². The Kier molecular flexibility index (Phi) is 6.89. The highest BCUT2D eigenvalue weighted by Crippen LogP contribution is 2.30. The third-order valence-electron chi connectivity index (χ3n) is 3.60. The molecule has 0 radical (unpaired) electrons. The number of aromatic amines is 1. The Balaban J connectivity index is 2.34. The third-order valence-corrected chi connectivity index (χ3v) is 4.18. The predicted octanol–water partition coefficient (Wildman–Crippen LogP) is 3.99. The highest BCUT2D eigenvalue weighted by Gasteiger charge is 2.16. The maximum Gasteiger partial charge on any atom is 0.270 e. The van der Waals surface area contributed by atoms with Crippen molar-refractivity contribution in [1.29, 1.82) is 5.26 Å². The van der Waals surface area contributed by atoms with E-state index >= 15 is 0 Å². The van der Waals surface area contributed by atoms with E-state index in [-0.39, 0.29) is 5.56 Å². The predicted molar refractivity (Wildman–Crippen MR) is 96.4 cm³/mol. The van der Waals surface area contributed by atoms with E-state index in [1.54, 1.807) is 0 Å². The van der Waals surface area contributed by atoms with E-state index in [2.05, 4.69) is 16.9 Å². The largest absolute Gasteiger partial charge is 0.493 e. The fourth-order valence-corrected chi connectivity index (χ4v) is 2.72. The first-order chi connectivity index (χ1) is 11.7. The number of rotatable bonds is 8. The Hall–Kier alpha value is -2.26. The summed E-state index contributed by atoms with van der Waals surface area (Å²) in [5.41, 5.74) is 0.625. The smallest absolute Gasteiger partial charge is 0.270 e. The van der Waals surface area contributed by atoms with Crippen molar-refractivity contribution in [2.24, 2.45) is 0 Å². The maximum absolute atomic E-state index is 12.1. The first-order valence-corrected chi connectivity index (χ1v) is 9.24. The van der Waals surface area contributed by atoms with Gasteiger partial charge in [-0.3, -0.25) is 4.79 Å². The molecule has 0 spiro atoms. The number of unbranched alkanes of at least 4 members (excludes halogenated alkanes) is 3. The summed E-state index contributed by atoms with van der Waals surface area (Å²) in [6.45, 7) is 2.78. The highest BCUT2D eigenvalue weighted by molar-refractivity contribution is 7.98. The van der Waals surface area contributed by atoms with Crippen molar-refractivity contribution in [3.8, 4) is 23.1 Å². The zero-order valence-electron chi connectivity index (χ0n) is 14.0. The topological polar surface area (TPSA) is 78.8 Å². The van der Waals surface area contributed by atoms with Crippen LogP contribution in [0.25, 0.3) is 11.3 Å². The van der Waals surface area contributed by atoms with Gasteiger partial charge in [0.05, 0.1) is 6.61 Å². The van der Waals surface area contributed by atoms with E-state index in [4.69, 9.17) is 4.74 Å². The molecule has 0 fully saturated rings. The minimum Gasteiger partial charge on any atom is -0.493 e. The van der Waals surface area contributed by atoms with Crippen molar-refractivity contribution < 1.29 is 4.74 Å². The summed E-state index contributed by atoms with van der Waals surface area (Å²) >= 11 is 1.33. The van der Waals surface area contributed by atoms with Crippen molar-refractivity contribution in [2.45, 2.75) is 37.8 Å². The van der Waals surface area contributed by atoms with E-state index in [0.29, 0.717) is 28.8 Å². The van der Waals surface area contributed by atoms with Crippen LogP contribution < -0.4 is 10.3 Å². The molecule has 0 aliphatic heterocycles. The SMILES string of the molecule is CCCCCCOc1ccccc1-c1nc(SC)[nH]c(=O)c1C#N. The van der Waals surface area contributed by atoms with Gasteiger partial charge in [-0.05, 0) is 24.8 Å². The molecule has 0 saturated carbocycles. The molecule has 0 atom stereocenters.